The van der Waals surface area contributed by atoms with Gasteiger partial charge in [0.2, 0.25) is 0 Å². The quantitative estimate of drug-likeness (QED) is 0.815. The highest BCUT2D eigenvalue weighted by Gasteiger charge is 2.34. The molecular formula is C22H29N3O2. The fraction of sp³-hybridized carbons (Fsp3) is 0.455. The van der Waals surface area contributed by atoms with E-state index in [1.165, 1.54) is 22.4 Å². The Bertz CT molecular complexity index is 815. The summed E-state index contributed by atoms with van der Waals surface area (Å²) in [7, 11) is 1.71. The maximum atomic E-state index is 10.7. The number of aliphatic hydroxyl groups excluding tert-OH is 1. The van der Waals surface area contributed by atoms with Crippen LogP contribution in [0.15, 0.2) is 36.4 Å². The monoisotopic (exact) mass is 367 g/mol. The minimum atomic E-state index is -0.329. The molecular weight excluding hydrogens is 338 g/mol. The van der Waals surface area contributed by atoms with Crippen LogP contribution in [0.5, 0.6) is 5.75 Å². The SMILES string of the molecule is COc1ccc(C)c(N2CCN(C3Cc4c(N)cccc4CC3O)CC2)c1. The highest BCUT2D eigenvalue weighted by molar-refractivity contribution is 5.57. The van der Waals surface area contributed by atoms with Crippen molar-refractivity contribution >= 4 is 11.4 Å². The minimum absolute atomic E-state index is 0.149. The van der Waals surface area contributed by atoms with E-state index in [2.05, 4.69) is 34.9 Å². The van der Waals surface area contributed by atoms with Crippen molar-refractivity contribution in [2.75, 3.05) is 43.9 Å². The van der Waals surface area contributed by atoms with E-state index in [9.17, 15) is 5.11 Å². The zero-order valence-electron chi connectivity index (χ0n) is 16.2. The molecule has 1 fully saturated rings. The predicted molar refractivity (Wildman–Crippen MR) is 110 cm³/mol. The Balaban J connectivity index is 1.46. The molecule has 2 atom stereocenters. The summed E-state index contributed by atoms with van der Waals surface area (Å²) in [5.41, 5.74) is 12.0. The molecule has 3 N–H and O–H groups in total. The number of rotatable bonds is 3. The van der Waals surface area contributed by atoms with Gasteiger partial charge in [-0.05, 0) is 42.2 Å². The number of aliphatic hydroxyl groups is 1. The lowest BCUT2D eigenvalue weighted by atomic mass is 9.84. The molecule has 0 bridgehead atoms. The number of nitrogens with zero attached hydrogens (tertiary/aromatic N) is 2. The van der Waals surface area contributed by atoms with Gasteiger partial charge in [-0.3, -0.25) is 4.90 Å². The number of fused-ring (bicyclic) bond motifs is 1. The summed E-state index contributed by atoms with van der Waals surface area (Å²) in [5, 5.41) is 10.7. The average molecular weight is 367 g/mol. The molecule has 4 rings (SSSR count). The first kappa shape index (κ1) is 18.1. The van der Waals surface area contributed by atoms with Crippen LogP contribution in [0.3, 0.4) is 0 Å². The van der Waals surface area contributed by atoms with Crippen LogP contribution in [0, 0.1) is 6.92 Å². The van der Waals surface area contributed by atoms with Gasteiger partial charge in [0.15, 0.2) is 0 Å². The molecule has 2 aromatic carbocycles. The van der Waals surface area contributed by atoms with Crippen LogP contribution in [-0.2, 0) is 12.8 Å². The summed E-state index contributed by atoms with van der Waals surface area (Å²) in [6, 6.07) is 12.4. The van der Waals surface area contributed by atoms with Gasteiger partial charge in [0, 0.05) is 56.1 Å². The number of benzene rings is 2. The first-order chi connectivity index (χ1) is 13.1. The smallest absolute Gasteiger partial charge is 0.120 e. The van der Waals surface area contributed by atoms with Crippen LogP contribution in [0.4, 0.5) is 11.4 Å². The Morgan fingerprint density at radius 1 is 1.07 bits per heavy atom. The van der Waals surface area contributed by atoms with E-state index in [1.807, 2.05) is 18.2 Å². The molecule has 2 aliphatic rings. The molecule has 5 heteroatoms. The summed E-state index contributed by atoms with van der Waals surface area (Å²) >= 11 is 0. The van der Waals surface area contributed by atoms with Gasteiger partial charge in [-0.25, -0.2) is 0 Å². The Hall–Kier alpha value is -2.24. The van der Waals surface area contributed by atoms with E-state index < -0.39 is 0 Å². The van der Waals surface area contributed by atoms with E-state index in [0.29, 0.717) is 6.42 Å². The third-order valence-corrected chi connectivity index (χ3v) is 6.14. The summed E-state index contributed by atoms with van der Waals surface area (Å²) in [6.45, 7) is 5.94. The summed E-state index contributed by atoms with van der Waals surface area (Å²) in [4.78, 5) is 4.86. The molecule has 1 heterocycles. The molecule has 1 aliphatic carbocycles. The topological polar surface area (TPSA) is 62.0 Å². The van der Waals surface area contributed by atoms with E-state index in [4.69, 9.17) is 10.5 Å². The van der Waals surface area contributed by atoms with E-state index in [-0.39, 0.29) is 12.1 Å². The zero-order chi connectivity index (χ0) is 19.0. The van der Waals surface area contributed by atoms with Crippen LogP contribution < -0.4 is 15.4 Å². The lowest BCUT2D eigenvalue weighted by Gasteiger charge is -2.44. The lowest BCUT2D eigenvalue weighted by molar-refractivity contribution is 0.0396. The number of piperazine rings is 1. The number of nitrogens with two attached hydrogens (primary N) is 1. The Morgan fingerprint density at radius 3 is 2.59 bits per heavy atom. The molecule has 2 aromatic rings. The Labute approximate surface area is 161 Å². The van der Waals surface area contributed by atoms with Gasteiger partial charge < -0.3 is 20.5 Å². The van der Waals surface area contributed by atoms with Gasteiger partial charge in [-0.15, -0.1) is 0 Å². The van der Waals surface area contributed by atoms with Gasteiger partial charge in [-0.2, -0.15) is 0 Å². The van der Waals surface area contributed by atoms with Crippen LogP contribution >= 0.6 is 0 Å². The van der Waals surface area contributed by atoms with Crippen molar-refractivity contribution in [1.82, 2.24) is 4.90 Å². The van der Waals surface area contributed by atoms with Crippen molar-refractivity contribution in [2.45, 2.75) is 31.9 Å². The van der Waals surface area contributed by atoms with Crippen LogP contribution in [0.1, 0.15) is 16.7 Å². The maximum Gasteiger partial charge on any atom is 0.120 e. The summed E-state index contributed by atoms with van der Waals surface area (Å²) < 4.78 is 5.39. The van der Waals surface area contributed by atoms with Gasteiger partial charge in [-0.1, -0.05) is 18.2 Å². The lowest BCUT2D eigenvalue weighted by Crippen LogP contribution is -2.56. The molecule has 0 aromatic heterocycles. The largest absolute Gasteiger partial charge is 0.497 e. The molecule has 0 spiro atoms. The molecule has 1 aliphatic heterocycles. The number of methoxy groups -OCH3 is 1. The number of hydrogen-bond acceptors (Lipinski definition) is 5. The molecule has 0 radical (unpaired) electrons. The van der Waals surface area contributed by atoms with E-state index in [0.717, 1.165) is 44.0 Å². The third-order valence-electron chi connectivity index (χ3n) is 6.14. The van der Waals surface area contributed by atoms with Crippen LogP contribution in [0.2, 0.25) is 0 Å². The Morgan fingerprint density at radius 2 is 1.85 bits per heavy atom. The number of ether oxygens (including phenoxy) is 1. The number of hydrogen-bond donors (Lipinski definition) is 2. The first-order valence-electron chi connectivity index (χ1n) is 9.74. The number of nitrogen functional groups attached to an aromatic ring is 1. The third kappa shape index (κ3) is 3.49. The fourth-order valence-corrected chi connectivity index (χ4v) is 4.53. The van der Waals surface area contributed by atoms with Crippen molar-refractivity contribution < 1.29 is 9.84 Å². The first-order valence-corrected chi connectivity index (χ1v) is 9.74. The van der Waals surface area contributed by atoms with Gasteiger partial charge in [0.05, 0.1) is 13.2 Å². The predicted octanol–water partition coefficient (Wildman–Crippen LogP) is 2.24. The van der Waals surface area contributed by atoms with Gasteiger partial charge in [0.25, 0.3) is 0 Å². The van der Waals surface area contributed by atoms with Crippen molar-refractivity contribution in [2.24, 2.45) is 0 Å². The second-order valence-corrected chi connectivity index (χ2v) is 7.70. The van der Waals surface area contributed by atoms with Crippen LogP contribution in [-0.4, -0.2) is 55.4 Å². The average Bonchev–Trinajstić information content (AvgIpc) is 2.68. The van der Waals surface area contributed by atoms with Gasteiger partial charge >= 0.3 is 0 Å². The minimum Gasteiger partial charge on any atom is -0.497 e. The number of aryl methyl sites for hydroxylation is 1. The Kier molecular flexibility index (Phi) is 4.98. The highest BCUT2D eigenvalue weighted by Crippen LogP contribution is 2.31. The highest BCUT2D eigenvalue weighted by atomic mass is 16.5. The maximum absolute atomic E-state index is 10.7. The fourth-order valence-electron chi connectivity index (χ4n) is 4.53. The molecule has 0 saturated carbocycles. The molecule has 27 heavy (non-hydrogen) atoms. The summed E-state index contributed by atoms with van der Waals surface area (Å²) in [5.74, 6) is 0.896. The molecule has 1 saturated heterocycles. The zero-order valence-corrected chi connectivity index (χ0v) is 16.2. The summed E-state index contributed by atoms with van der Waals surface area (Å²) in [6.07, 6.45) is 1.20. The number of anilines is 2. The molecule has 2 unspecified atom stereocenters. The van der Waals surface area contributed by atoms with Crippen LogP contribution in [0.25, 0.3) is 0 Å². The van der Waals surface area contributed by atoms with Crippen molar-refractivity contribution in [3.05, 3.63) is 53.1 Å². The molecule has 0 amide bonds. The molecule has 5 nitrogen and oxygen atoms in total. The van der Waals surface area contributed by atoms with E-state index >= 15 is 0 Å². The second kappa shape index (κ2) is 7.41. The standard InChI is InChI=1S/C22H29N3O2/c1-15-6-7-17(27-2)13-20(15)24-8-10-25(11-9-24)21-14-18-16(12-22(21)26)4-3-5-19(18)23/h3-7,13,21-22,26H,8-12,14,23H2,1-2H3. The van der Waals surface area contributed by atoms with Crippen molar-refractivity contribution in [1.29, 1.82) is 0 Å². The van der Waals surface area contributed by atoms with Crippen molar-refractivity contribution in [3.63, 3.8) is 0 Å². The normalized spacial score (nSPS) is 23.1. The molecule has 144 valence electrons. The van der Waals surface area contributed by atoms with Crippen molar-refractivity contribution in [3.8, 4) is 5.75 Å². The second-order valence-electron chi connectivity index (χ2n) is 7.70. The van der Waals surface area contributed by atoms with Gasteiger partial charge in [0.1, 0.15) is 5.75 Å². The van der Waals surface area contributed by atoms with E-state index in [1.54, 1.807) is 7.11 Å².